The minimum atomic E-state index is 0.159. The summed E-state index contributed by atoms with van der Waals surface area (Å²) in [6, 6.07) is 9.94. The number of nitrogens with two attached hydrogens (primary N) is 1. The van der Waals surface area contributed by atoms with Crippen LogP contribution in [0.5, 0.6) is 5.75 Å². The van der Waals surface area contributed by atoms with Crippen LogP contribution in [0.3, 0.4) is 0 Å². The van der Waals surface area contributed by atoms with Crippen molar-refractivity contribution in [1.29, 1.82) is 0 Å². The molecule has 8 heteroatoms. The van der Waals surface area contributed by atoms with Gasteiger partial charge in [-0.2, -0.15) is 0 Å². The van der Waals surface area contributed by atoms with E-state index >= 15 is 0 Å². The topological polar surface area (TPSA) is 111 Å². The second-order valence-corrected chi connectivity index (χ2v) is 10.2. The molecule has 0 spiro atoms. The maximum absolute atomic E-state index is 11.1. The van der Waals surface area contributed by atoms with Crippen LogP contribution >= 0.6 is 0 Å². The number of aromatic nitrogens is 2. The number of hydrogen-bond donors (Lipinski definition) is 2. The molecule has 3 N–H and O–H groups in total. The summed E-state index contributed by atoms with van der Waals surface area (Å²) in [5, 5.41) is 9.79. The van der Waals surface area contributed by atoms with E-state index in [0.29, 0.717) is 25.2 Å². The average molecular weight is 621 g/mol. The number of ketones is 1. The lowest BCUT2D eigenvalue weighted by Gasteiger charge is -2.27. The summed E-state index contributed by atoms with van der Waals surface area (Å²) in [6.45, 7) is 23.2. The highest BCUT2D eigenvalue weighted by molar-refractivity contribution is 5.95. The molecule has 0 amide bonds. The number of fused-ring (bicyclic) bond motifs is 1. The Morgan fingerprint density at radius 1 is 1.09 bits per heavy atom. The fraction of sp³-hybridized carbons (Fsp3) is 0.432. The van der Waals surface area contributed by atoms with Crippen molar-refractivity contribution < 1.29 is 19.4 Å². The first-order valence-corrected chi connectivity index (χ1v) is 15.7. The van der Waals surface area contributed by atoms with Gasteiger partial charge in [0.15, 0.2) is 5.78 Å². The molecule has 0 aliphatic carbocycles. The van der Waals surface area contributed by atoms with Gasteiger partial charge in [0.1, 0.15) is 17.9 Å². The van der Waals surface area contributed by atoms with Crippen molar-refractivity contribution in [3.05, 3.63) is 89.0 Å². The third-order valence-electron chi connectivity index (χ3n) is 7.02. The number of nitrogens with zero attached hydrogens (tertiary/aromatic N) is 3. The quantitative estimate of drug-likeness (QED) is 0.114. The number of Topliss-reactive ketones (excluding diaryl/α,β-unsaturated/α-hetero) is 1. The lowest BCUT2D eigenvalue weighted by molar-refractivity contribution is -0.104. The first-order valence-electron chi connectivity index (χ1n) is 15.7. The average Bonchev–Trinajstić information content (AvgIpc) is 3.48. The molecule has 0 fully saturated rings. The smallest absolute Gasteiger partial charge is 0.160 e. The lowest BCUT2D eigenvalue weighted by Crippen LogP contribution is -2.23. The molecule has 2 aromatic carbocycles. The maximum atomic E-state index is 11.1. The second kappa shape index (κ2) is 22.5. The van der Waals surface area contributed by atoms with E-state index in [9.17, 15) is 9.90 Å². The molecule has 8 nitrogen and oxygen atoms in total. The number of aromatic hydroxyl groups is 1. The van der Waals surface area contributed by atoms with Crippen LogP contribution in [0.2, 0.25) is 0 Å². The number of phenols is 1. The third kappa shape index (κ3) is 12.9. The van der Waals surface area contributed by atoms with Crippen LogP contribution in [0.25, 0.3) is 17.5 Å². The second-order valence-electron chi connectivity index (χ2n) is 10.2. The van der Waals surface area contributed by atoms with Gasteiger partial charge < -0.3 is 20.5 Å². The van der Waals surface area contributed by atoms with Gasteiger partial charge in [-0.3, -0.25) is 14.2 Å². The van der Waals surface area contributed by atoms with Gasteiger partial charge in [0.05, 0.1) is 24.5 Å². The number of allylic oxidation sites excluding steroid dienone is 1. The number of benzene rings is 2. The summed E-state index contributed by atoms with van der Waals surface area (Å²) in [4.78, 5) is 26.9. The SMILES string of the molecule is C=CC=O.CC.CCCOCCN.CCc1cc(C)ccc1C(C)=O.Cc1c(O)ccc(-c2cnc3n2C=CN(C)C3C)c1C. The number of imidazole rings is 1. The summed E-state index contributed by atoms with van der Waals surface area (Å²) in [6.07, 6.45) is 9.86. The van der Waals surface area contributed by atoms with Crippen molar-refractivity contribution in [2.45, 2.75) is 81.2 Å². The molecule has 0 bridgehead atoms. The molecule has 0 saturated heterocycles. The highest BCUT2D eigenvalue weighted by Crippen LogP contribution is 2.34. The predicted molar refractivity (Wildman–Crippen MR) is 189 cm³/mol. The Kier molecular flexibility index (Phi) is 20.5. The molecule has 2 heterocycles. The fourth-order valence-corrected chi connectivity index (χ4v) is 4.30. The van der Waals surface area contributed by atoms with E-state index in [1.165, 1.54) is 11.6 Å². The van der Waals surface area contributed by atoms with E-state index in [1.807, 2.05) is 65.2 Å². The summed E-state index contributed by atoms with van der Waals surface area (Å²) in [5.41, 5.74) is 12.6. The maximum Gasteiger partial charge on any atom is 0.160 e. The summed E-state index contributed by atoms with van der Waals surface area (Å²) < 4.78 is 7.14. The zero-order valence-corrected chi connectivity index (χ0v) is 29.2. The van der Waals surface area contributed by atoms with Gasteiger partial charge in [-0.05, 0) is 82.4 Å². The van der Waals surface area contributed by atoms with Crippen LogP contribution in [0.4, 0.5) is 0 Å². The molecular weight excluding hydrogens is 564 g/mol. The van der Waals surface area contributed by atoms with Crippen molar-refractivity contribution >= 4 is 18.3 Å². The van der Waals surface area contributed by atoms with Crippen LogP contribution in [-0.2, 0) is 16.0 Å². The molecule has 1 atom stereocenters. The first kappa shape index (κ1) is 41.0. The molecule has 4 rings (SSSR count). The lowest BCUT2D eigenvalue weighted by atomic mass is 10.00. The molecule has 0 saturated carbocycles. The van der Waals surface area contributed by atoms with E-state index < -0.39 is 0 Å². The van der Waals surface area contributed by atoms with E-state index in [1.54, 1.807) is 13.0 Å². The van der Waals surface area contributed by atoms with Gasteiger partial charge in [-0.25, -0.2) is 4.98 Å². The molecule has 45 heavy (non-hydrogen) atoms. The molecular formula is C37H56N4O4. The van der Waals surface area contributed by atoms with E-state index in [2.05, 4.69) is 61.1 Å². The Bertz CT molecular complexity index is 1350. The fourth-order valence-electron chi connectivity index (χ4n) is 4.30. The Hall–Kier alpha value is -4.01. The van der Waals surface area contributed by atoms with E-state index in [4.69, 9.17) is 15.3 Å². The zero-order valence-electron chi connectivity index (χ0n) is 29.2. The van der Waals surface area contributed by atoms with E-state index in [0.717, 1.165) is 58.8 Å². The predicted octanol–water partition coefficient (Wildman–Crippen LogP) is 7.84. The van der Waals surface area contributed by atoms with Crippen LogP contribution in [-0.4, -0.2) is 58.4 Å². The van der Waals surface area contributed by atoms with Crippen molar-refractivity contribution in [1.82, 2.24) is 14.5 Å². The van der Waals surface area contributed by atoms with E-state index in [-0.39, 0.29) is 11.8 Å². The van der Waals surface area contributed by atoms with Crippen molar-refractivity contribution in [2.75, 3.05) is 26.8 Å². The van der Waals surface area contributed by atoms with Gasteiger partial charge in [0.2, 0.25) is 0 Å². The van der Waals surface area contributed by atoms with Gasteiger partial charge in [-0.15, -0.1) is 0 Å². The minimum absolute atomic E-state index is 0.159. The number of carbonyl (C=O) groups excluding carboxylic acids is 2. The normalized spacial score (nSPS) is 12.4. The Morgan fingerprint density at radius 2 is 1.73 bits per heavy atom. The summed E-state index contributed by atoms with van der Waals surface area (Å²) >= 11 is 0. The number of phenolic OH excluding ortho intramolecular Hbond substituents is 1. The number of ether oxygens (including phenoxy) is 1. The number of aldehydes is 1. The number of hydrogen-bond acceptors (Lipinski definition) is 7. The van der Waals surface area contributed by atoms with Crippen LogP contribution in [0, 0.1) is 20.8 Å². The van der Waals surface area contributed by atoms with Crippen LogP contribution < -0.4 is 5.73 Å². The molecule has 3 aromatic rings. The van der Waals surface area contributed by atoms with Crippen LogP contribution in [0.1, 0.15) is 92.4 Å². The zero-order chi connectivity index (χ0) is 34.5. The summed E-state index contributed by atoms with van der Waals surface area (Å²) in [7, 11) is 2.05. The van der Waals surface area contributed by atoms with Crippen LogP contribution in [0.15, 0.2) is 55.4 Å². The van der Waals surface area contributed by atoms with Crippen molar-refractivity contribution in [3.63, 3.8) is 0 Å². The largest absolute Gasteiger partial charge is 0.508 e. The monoisotopic (exact) mass is 620 g/mol. The molecule has 0 radical (unpaired) electrons. The van der Waals surface area contributed by atoms with Gasteiger partial charge in [0, 0.05) is 43.7 Å². The third-order valence-corrected chi connectivity index (χ3v) is 7.02. The standard InChI is InChI=1S/C16H19N3O.C11H14O.C5H13NO.C3H4O.C2H6/c1-10-11(2)15(20)6-5-13(10)14-9-17-16-12(3)18(4)7-8-19(14)16;1-4-10-7-8(2)5-6-11(10)9(3)12;1-2-4-7-5-3-6;1-2-3-4;1-2/h5-9,12,20H,1-4H3;5-7H,4H2,1-3H3;2-6H2,1H3;2-3H,1H2;1-2H3. The van der Waals surface area contributed by atoms with Gasteiger partial charge in [-0.1, -0.05) is 58.0 Å². The van der Waals surface area contributed by atoms with Gasteiger partial charge in [0.25, 0.3) is 0 Å². The Balaban J connectivity index is 0.000000659. The molecule has 1 aliphatic heterocycles. The highest BCUT2D eigenvalue weighted by atomic mass is 16.5. The highest BCUT2D eigenvalue weighted by Gasteiger charge is 2.22. The molecule has 248 valence electrons. The molecule has 1 aliphatic rings. The molecule has 1 unspecified atom stereocenters. The molecule has 1 aromatic heterocycles. The minimum Gasteiger partial charge on any atom is -0.508 e. The Morgan fingerprint density at radius 3 is 2.27 bits per heavy atom. The number of aryl methyl sites for hydroxylation is 2. The number of carbonyl (C=O) groups is 2. The van der Waals surface area contributed by atoms with Gasteiger partial charge >= 0.3 is 0 Å². The number of rotatable bonds is 8. The van der Waals surface area contributed by atoms with Crippen molar-refractivity contribution in [2.24, 2.45) is 5.73 Å². The first-order chi connectivity index (χ1) is 21.5. The Labute approximate surface area is 271 Å². The summed E-state index contributed by atoms with van der Waals surface area (Å²) in [5.74, 6) is 1.54. The van der Waals surface area contributed by atoms with Crippen molar-refractivity contribution in [3.8, 4) is 17.0 Å².